The number of hydrogen-bond donors (Lipinski definition) is 1. The van der Waals surface area contributed by atoms with Gasteiger partial charge in [0, 0.05) is 6.04 Å². The Hall–Kier alpha value is -0.600. The van der Waals surface area contributed by atoms with Gasteiger partial charge in [-0.1, -0.05) is 0 Å². The van der Waals surface area contributed by atoms with Crippen molar-refractivity contribution in [2.75, 3.05) is 18.1 Å². The van der Waals surface area contributed by atoms with Crippen molar-refractivity contribution in [3.05, 3.63) is 0 Å². The van der Waals surface area contributed by atoms with Crippen LogP contribution < -0.4 is 5.32 Å². The molecule has 1 fully saturated rings. The topological polar surface area (TPSA) is 70.0 Å². The standard InChI is InChI=1S/C9H16N2O2S/c1-8(2-4-10)11-5-3-9-6-14(12,13)7-9/h8-9,11H,2-3,5-7H2,1H3. The third kappa shape index (κ3) is 3.64. The van der Waals surface area contributed by atoms with Crippen LogP contribution in [0, 0.1) is 17.2 Å². The third-order valence-corrected chi connectivity index (χ3v) is 4.38. The maximum atomic E-state index is 10.8. The average molecular weight is 216 g/mol. The molecule has 14 heavy (non-hydrogen) atoms. The second kappa shape index (κ2) is 4.76. The van der Waals surface area contributed by atoms with Crippen LogP contribution in [-0.2, 0) is 9.84 Å². The van der Waals surface area contributed by atoms with Gasteiger partial charge in [-0.15, -0.1) is 0 Å². The van der Waals surface area contributed by atoms with E-state index in [1.54, 1.807) is 0 Å². The summed E-state index contributed by atoms with van der Waals surface area (Å²) in [5.74, 6) is 1.03. The van der Waals surface area contributed by atoms with Gasteiger partial charge in [0.1, 0.15) is 0 Å². The van der Waals surface area contributed by atoms with Crippen LogP contribution in [-0.4, -0.2) is 32.5 Å². The summed E-state index contributed by atoms with van der Waals surface area (Å²) in [5.41, 5.74) is 0. The summed E-state index contributed by atoms with van der Waals surface area (Å²) in [7, 11) is -2.67. The molecule has 0 spiro atoms. The van der Waals surface area contributed by atoms with Gasteiger partial charge >= 0.3 is 0 Å². The number of hydrogen-bond acceptors (Lipinski definition) is 4. The highest BCUT2D eigenvalue weighted by atomic mass is 32.2. The van der Waals surface area contributed by atoms with Gasteiger partial charge in [-0.2, -0.15) is 5.26 Å². The molecule has 0 aromatic rings. The fourth-order valence-corrected chi connectivity index (χ4v) is 3.25. The Balaban J connectivity index is 2.04. The Bertz CT molecular complexity index is 306. The van der Waals surface area contributed by atoms with Gasteiger partial charge in [-0.3, -0.25) is 0 Å². The number of sulfone groups is 1. The zero-order valence-corrected chi connectivity index (χ0v) is 9.18. The van der Waals surface area contributed by atoms with Gasteiger partial charge < -0.3 is 5.32 Å². The van der Waals surface area contributed by atoms with Crippen molar-refractivity contribution in [2.24, 2.45) is 5.92 Å². The predicted octanol–water partition coefficient (Wildman–Crippen LogP) is 0.313. The maximum Gasteiger partial charge on any atom is 0.150 e. The minimum Gasteiger partial charge on any atom is -0.313 e. The molecule has 1 atom stereocenters. The van der Waals surface area contributed by atoms with Gasteiger partial charge in [-0.05, 0) is 25.8 Å². The number of nitriles is 1. The van der Waals surface area contributed by atoms with E-state index in [2.05, 4.69) is 11.4 Å². The van der Waals surface area contributed by atoms with E-state index in [1.807, 2.05) is 6.92 Å². The van der Waals surface area contributed by atoms with E-state index in [0.717, 1.165) is 13.0 Å². The molecular formula is C9H16N2O2S. The van der Waals surface area contributed by atoms with Crippen molar-refractivity contribution < 1.29 is 8.42 Å². The Morgan fingerprint density at radius 2 is 2.21 bits per heavy atom. The Kier molecular flexibility index (Phi) is 3.90. The van der Waals surface area contributed by atoms with E-state index >= 15 is 0 Å². The summed E-state index contributed by atoms with van der Waals surface area (Å²) in [6.45, 7) is 2.77. The van der Waals surface area contributed by atoms with Gasteiger partial charge in [0.2, 0.25) is 0 Å². The molecule has 5 heteroatoms. The zero-order chi connectivity index (χ0) is 10.6. The molecule has 80 valence electrons. The molecule has 1 heterocycles. The summed E-state index contributed by atoms with van der Waals surface area (Å²) < 4.78 is 21.7. The molecule has 4 nitrogen and oxygen atoms in total. The van der Waals surface area contributed by atoms with E-state index < -0.39 is 9.84 Å². The highest BCUT2D eigenvalue weighted by Crippen LogP contribution is 2.20. The highest BCUT2D eigenvalue weighted by molar-refractivity contribution is 7.92. The first-order valence-corrected chi connectivity index (χ1v) is 6.66. The normalized spacial score (nSPS) is 22.3. The third-order valence-electron chi connectivity index (χ3n) is 2.42. The first-order valence-electron chi connectivity index (χ1n) is 4.84. The molecule has 1 N–H and O–H groups in total. The molecule has 0 bridgehead atoms. The van der Waals surface area contributed by atoms with E-state index in [4.69, 9.17) is 5.26 Å². The van der Waals surface area contributed by atoms with E-state index in [1.165, 1.54) is 0 Å². The van der Waals surface area contributed by atoms with E-state index in [0.29, 0.717) is 23.8 Å². The quantitative estimate of drug-likeness (QED) is 0.718. The number of nitrogens with zero attached hydrogens (tertiary/aromatic N) is 1. The molecule has 1 saturated heterocycles. The lowest BCUT2D eigenvalue weighted by Crippen LogP contribution is -2.39. The second-order valence-electron chi connectivity index (χ2n) is 3.95. The van der Waals surface area contributed by atoms with Crippen molar-refractivity contribution in [2.45, 2.75) is 25.8 Å². The van der Waals surface area contributed by atoms with Crippen molar-refractivity contribution in [1.82, 2.24) is 5.32 Å². The first kappa shape index (κ1) is 11.5. The monoisotopic (exact) mass is 216 g/mol. The second-order valence-corrected chi connectivity index (χ2v) is 6.10. The summed E-state index contributed by atoms with van der Waals surface area (Å²) >= 11 is 0. The fraction of sp³-hybridized carbons (Fsp3) is 0.889. The smallest absolute Gasteiger partial charge is 0.150 e. The van der Waals surface area contributed by atoms with Crippen LogP contribution >= 0.6 is 0 Å². The van der Waals surface area contributed by atoms with Crippen molar-refractivity contribution in [1.29, 1.82) is 5.26 Å². The molecule has 0 amide bonds. The lowest BCUT2D eigenvalue weighted by molar-refractivity contribution is 0.460. The molecule has 0 aliphatic carbocycles. The molecule has 0 saturated carbocycles. The van der Waals surface area contributed by atoms with E-state index in [9.17, 15) is 8.42 Å². The van der Waals surface area contributed by atoms with Crippen LogP contribution in [0.1, 0.15) is 19.8 Å². The summed E-state index contributed by atoms with van der Waals surface area (Å²) in [5, 5.41) is 11.6. The lowest BCUT2D eigenvalue weighted by atomic mass is 10.1. The maximum absolute atomic E-state index is 10.8. The summed E-state index contributed by atoms with van der Waals surface area (Å²) in [4.78, 5) is 0. The predicted molar refractivity (Wildman–Crippen MR) is 54.5 cm³/mol. The number of rotatable bonds is 5. The Morgan fingerprint density at radius 1 is 1.57 bits per heavy atom. The first-order chi connectivity index (χ1) is 6.53. The van der Waals surface area contributed by atoms with Crippen LogP contribution in [0.15, 0.2) is 0 Å². The molecule has 1 rings (SSSR count). The van der Waals surface area contributed by atoms with E-state index in [-0.39, 0.29) is 6.04 Å². The van der Waals surface area contributed by atoms with Crippen molar-refractivity contribution >= 4 is 9.84 Å². The average Bonchev–Trinajstić information content (AvgIpc) is 2.01. The number of nitrogens with one attached hydrogen (secondary N) is 1. The molecule has 0 aromatic carbocycles. The van der Waals surface area contributed by atoms with Gasteiger partial charge in [-0.25, -0.2) is 8.42 Å². The van der Waals surface area contributed by atoms with Gasteiger partial charge in [0.05, 0.1) is 24.0 Å². The van der Waals surface area contributed by atoms with Crippen molar-refractivity contribution in [3.8, 4) is 6.07 Å². The van der Waals surface area contributed by atoms with Crippen molar-refractivity contribution in [3.63, 3.8) is 0 Å². The van der Waals surface area contributed by atoms with Crippen LogP contribution in [0.4, 0.5) is 0 Å². The van der Waals surface area contributed by atoms with Gasteiger partial charge in [0.15, 0.2) is 9.84 Å². The van der Waals surface area contributed by atoms with Crippen LogP contribution in [0.25, 0.3) is 0 Å². The summed E-state index contributed by atoms with van der Waals surface area (Å²) in [6.07, 6.45) is 1.40. The van der Waals surface area contributed by atoms with Crippen LogP contribution in [0.2, 0.25) is 0 Å². The van der Waals surface area contributed by atoms with Gasteiger partial charge in [0.25, 0.3) is 0 Å². The SMILES string of the molecule is CC(CC#N)NCCC1CS(=O)(=O)C1. The molecule has 0 aromatic heterocycles. The Labute approximate surface area is 85.2 Å². The zero-order valence-electron chi connectivity index (χ0n) is 8.36. The van der Waals surface area contributed by atoms with Crippen LogP contribution in [0.5, 0.6) is 0 Å². The largest absolute Gasteiger partial charge is 0.313 e. The lowest BCUT2D eigenvalue weighted by Gasteiger charge is -2.26. The van der Waals surface area contributed by atoms with Crippen LogP contribution in [0.3, 0.4) is 0 Å². The minimum atomic E-state index is -2.67. The minimum absolute atomic E-state index is 0.205. The molecular weight excluding hydrogens is 200 g/mol. The highest BCUT2D eigenvalue weighted by Gasteiger charge is 2.32. The molecule has 1 aliphatic heterocycles. The Morgan fingerprint density at radius 3 is 2.71 bits per heavy atom. The molecule has 0 radical (unpaired) electrons. The summed E-state index contributed by atoms with van der Waals surface area (Å²) in [6, 6.07) is 2.29. The molecule has 1 unspecified atom stereocenters. The fourth-order valence-electron chi connectivity index (χ4n) is 1.58. The molecule has 1 aliphatic rings.